The predicted molar refractivity (Wildman–Crippen MR) is 63.7 cm³/mol. The minimum atomic E-state index is -0.690. The fraction of sp³-hybridized carbons (Fsp3) is 0.833. The summed E-state index contributed by atoms with van der Waals surface area (Å²) in [4.78, 5) is 15.1. The quantitative estimate of drug-likeness (QED) is 0.463. The fourth-order valence-electron chi connectivity index (χ4n) is 3.71. The van der Waals surface area contributed by atoms with E-state index in [9.17, 15) is 10.1 Å². The zero-order chi connectivity index (χ0) is 12.7. The summed E-state index contributed by atoms with van der Waals surface area (Å²) in [6.45, 7) is 5.11. The number of rotatable bonds is 4. The lowest BCUT2D eigenvalue weighted by Crippen LogP contribution is -2.26. The molecule has 2 unspecified atom stereocenters. The van der Waals surface area contributed by atoms with Crippen LogP contribution in [0, 0.1) is 20.9 Å². The van der Waals surface area contributed by atoms with Crippen molar-refractivity contribution >= 4 is 0 Å². The number of allylic oxidation sites excluding steroid dienone is 1. The van der Waals surface area contributed by atoms with Gasteiger partial charge in [-0.15, -0.1) is 10.1 Å². The lowest BCUT2D eigenvalue weighted by molar-refractivity contribution is -0.765. The molecule has 0 spiro atoms. The normalized spacial score (nSPS) is 34.3. The summed E-state index contributed by atoms with van der Waals surface area (Å²) in [5.74, 6) is 0. The monoisotopic (exact) mass is 240 g/mol. The first-order valence-corrected chi connectivity index (χ1v) is 6.09. The van der Waals surface area contributed by atoms with Crippen LogP contribution in [-0.2, 0) is 4.84 Å². The molecule has 2 aliphatic rings. The largest absolute Gasteiger partial charge is 0.330 e. The second-order valence-corrected chi connectivity index (χ2v) is 6.10. The Morgan fingerprint density at radius 1 is 1.65 bits per heavy atom. The molecule has 0 aliphatic heterocycles. The van der Waals surface area contributed by atoms with Crippen LogP contribution in [0.25, 0.3) is 0 Å². The summed E-state index contributed by atoms with van der Waals surface area (Å²) in [6.07, 6.45) is 5.25. The van der Waals surface area contributed by atoms with Crippen molar-refractivity contribution in [2.24, 2.45) is 16.6 Å². The third-order valence-electron chi connectivity index (χ3n) is 3.99. The van der Waals surface area contributed by atoms with E-state index in [0.29, 0.717) is 13.0 Å². The molecular formula is C12H20N2O3. The van der Waals surface area contributed by atoms with E-state index in [2.05, 4.69) is 13.8 Å². The van der Waals surface area contributed by atoms with Crippen molar-refractivity contribution in [1.82, 2.24) is 0 Å². The second-order valence-electron chi connectivity index (χ2n) is 6.10. The molecule has 2 N–H and O–H groups in total. The Morgan fingerprint density at radius 2 is 2.35 bits per heavy atom. The van der Waals surface area contributed by atoms with Gasteiger partial charge in [0.15, 0.2) is 0 Å². The minimum absolute atomic E-state index is 0.0545. The molecule has 2 aliphatic carbocycles. The van der Waals surface area contributed by atoms with Crippen LogP contribution in [0.3, 0.4) is 0 Å². The zero-order valence-corrected chi connectivity index (χ0v) is 10.4. The molecule has 17 heavy (non-hydrogen) atoms. The highest BCUT2D eigenvalue weighted by Gasteiger charge is 2.50. The van der Waals surface area contributed by atoms with Crippen molar-refractivity contribution < 1.29 is 9.92 Å². The number of fused-ring (bicyclic) bond motifs is 1. The van der Waals surface area contributed by atoms with Crippen LogP contribution < -0.4 is 5.73 Å². The third kappa shape index (κ3) is 2.29. The van der Waals surface area contributed by atoms with Gasteiger partial charge in [-0.3, -0.25) is 0 Å². The first-order chi connectivity index (χ1) is 7.87. The Morgan fingerprint density at radius 3 is 2.94 bits per heavy atom. The molecule has 0 bridgehead atoms. The Balaban J connectivity index is 2.18. The van der Waals surface area contributed by atoms with Gasteiger partial charge < -0.3 is 10.6 Å². The lowest BCUT2D eigenvalue weighted by atomic mass is 9.77. The summed E-state index contributed by atoms with van der Waals surface area (Å²) < 4.78 is 0. The maximum atomic E-state index is 10.4. The molecule has 0 aromatic rings. The van der Waals surface area contributed by atoms with E-state index in [-0.39, 0.29) is 16.9 Å². The van der Waals surface area contributed by atoms with Crippen LogP contribution in [0.1, 0.15) is 39.5 Å². The Labute approximate surface area is 101 Å². The third-order valence-corrected chi connectivity index (χ3v) is 3.99. The van der Waals surface area contributed by atoms with E-state index in [1.807, 2.05) is 6.08 Å². The standard InChI is InChI=1S/C12H20N2O3/c1-11(2)6-9-5-10(17-14(15)16)7-12(9,8-11)3-4-13/h5,10H,3-4,6-8,13H2,1-2H3. The molecular weight excluding hydrogens is 220 g/mol. The number of nitrogens with zero attached hydrogens (tertiary/aromatic N) is 1. The van der Waals surface area contributed by atoms with Gasteiger partial charge in [-0.05, 0) is 43.1 Å². The van der Waals surface area contributed by atoms with Crippen molar-refractivity contribution in [3.8, 4) is 0 Å². The molecule has 0 amide bonds. The van der Waals surface area contributed by atoms with Crippen LogP contribution >= 0.6 is 0 Å². The van der Waals surface area contributed by atoms with Gasteiger partial charge in [0.1, 0.15) is 6.10 Å². The summed E-state index contributed by atoms with van der Waals surface area (Å²) in [5.41, 5.74) is 7.34. The minimum Gasteiger partial charge on any atom is -0.330 e. The summed E-state index contributed by atoms with van der Waals surface area (Å²) >= 11 is 0. The van der Waals surface area contributed by atoms with Crippen molar-refractivity contribution in [3.05, 3.63) is 21.8 Å². The van der Waals surface area contributed by atoms with Gasteiger partial charge in [-0.25, -0.2) is 0 Å². The molecule has 1 saturated carbocycles. The van der Waals surface area contributed by atoms with Crippen LogP contribution in [0.15, 0.2) is 11.6 Å². The highest BCUT2D eigenvalue weighted by molar-refractivity contribution is 5.30. The number of nitrogens with two attached hydrogens (primary N) is 1. The van der Waals surface area contributed by atoms with Gasteiger partial charge in [0.05, 0.1) is 0 Å². The lowest BCUT2D eigenvalue weighted by Gasteiger charge is -2.29. The van der Waals surface area contributed by atoms with Crippen molar-refractivity contribution in [2.45, 2.75) is 45.6 Å². The SMILES string of the molecule is CC1(C)CC2=CC(O[N+](=O)[O-])CC2(CCN)C1. The van der Waals surface area contributed by atoms with Gasteiger partial charge in [-0.2, -0.15) is 0 Å². The second kappa shape index (κ2) is 3.98. The van der Waals surface area contributed by atoms with Crippen LogP contribution in [0.4, 0.5) is 0 Å². The van der Waals surface area contributed by atoms with Crippen LogP contribution in [-0.4, -0.2) is 17.7 Å². The smallest absolute Gasteiger partial charge is 0.295 e. The van der Waals surface area contributed by atoms with E-state index in [0.717, 1.165) is 19.3 Å². The molecule has 0 radical (unpaired) electrons. The molecule has 0 saturated heterocycles. The van der Waals surface area contributed by atoms with Crippen molar-refractivity contribution in [3.63, 3.8) is 0 Å². The van der Waals surface area contributed by atoms with E-state index < -0.39 is 5.09 Å². The van der Waals surface area contributed by atoms with Crippen molar-refractivity contribution in [1.29, 1.82) is 0 Å². The Hall–Kier alpha value is -1.10. The van der Waals surface area contributed by atoms with E-state index in [1.54, 1.807) is 0 Å². The predicted octanol–water partition coefficient (Wildman–Crippen LogP) is 2.05. The first-order valence-electron chi connectivity index (χ1n) is 6.09. The van der Waals surface area contributed by atoms with Gasteiger partial charge in [-0.1, -0.05) is 25.5 Å². The molecule has 96 valence electrons. The molecule has 5 nitrogen and oxygen atoms in total. The van der Waals surface area contributed by atoms with E-state index in [1.165, 1.54) is 5.57 Å². The number of hydrogen-bond donors (Lipinski definition) is 1. The van der Waals surface area contributed by atoms with Gasteiger partial charge >= 0.3 is 0 Å². The summed E-state index contributed by atoms with van der Waals surface area (Å²) in [7, 11) is 0. The molecule has 0 aromatic heterocycles. The van der Waals surface area contributed by atoms with Gasteiger partial charge in [0.2, 0.25) is 0 Å². The molecule has 5 heteroatoms. The fourth-order valence-corrected chi connectivity index (χ4v) is 3.71. The number of hydrogen-bond acceptors (Lipinski definition) is 4. The van der Waals surface area contributed by atoms with E-state index >= 15 is 0 Å². The zero-order valence-electron chi connectivity index (χ0n) is 10.4. The Bertz CT molecular complexity index is 365. The molecule has 1 fully saturated rings. The maximum absolute atomic E-state index is 10.4. The highest BCUT2D eigenvalue weighted by Crippen LogP contribution is 2.59. The Kier molecular flexibility index (Phi) is 2.89. The topological polar surface area (TPSA) is 78.4 Å². The maximum Gasteiger partial charge on any atom is 0.295 e. The average molecular weight is 240 g/mol. The molecule has 0 aromatic carbocycles. The molecule has 0 heterocycles. The highest BCUT2D eigenvalue weighted by atomic mass is 17.0. The van der Waals surface area contributed by atoms with Crippen LogP contribution in [0.5, 0.6) is 0 Å². The van der Waals surface area contributed by atoms with Gasteiger partial charge in [0.25, 0.3) is 5.09 Å². The summed E-state index contributed by atoms with van der Waals surface area (Å²) in [5, 5.41) is 9.70. The van der Waals surface area contributed by atoms with Crippen molar-refractivity contribution in [2.75, 3.05) is 6.54 Å². The molecule has 2 atom stereocenters. The van der Waals surface area contributed by atoms with E-state index in [4.69, 9.17) is 10.6 Å². The average Bonchev–Trinajstić information content (AvgIpc) is 2.51. The van der Waals surface area contributed by atoms with Crippen LogP contribution in [0.2, 0.25) is 0 Å². The molecule has 2 rings (SSSR count). The van der Waals surface area contributed by atoms with Gasteiger partial charge in [0, 0.05) is 0 Å². The first kappa shape index (κ1) is 12.4. The summed E-state index contributed by atoms with van der Waals surface area (Å²) in [6, 6.07) is 0.